The van der Waals surface area contributed by atoms with Crippen molar-refractivity contribution in [3.05, 3.63) is 71.8 Å². The van der Waals surface area contributed by atoms with Crippen LogP contribution >= 0.6 is 0 Å². The fourth-order valence-corrected chi connectivity index (χ4v) is 4.48. The van der Waals surface area contributed by atoms with E-state index in [2.05, 4.69) is 72.5 Å². The first-order valence-corrected chi connectivity index (χ1v) is 10.9. The number of carbonyl (C=O) groups excluding carboxylic acids is 1. The van der Waals surface area contributed by atoms with E-state index in [1.807, 2.05) is 20.8 Å². The molecule has 0 aliphatic heterocycles. The molecule has 0 N–H and O–H groups in total. The van der Waals surface area contributed by atoms with Gasteiger partial charge in [0, 0.05) is 19.1 Å². The molecule has 3 rings (SSSR count). The Bertz CT molecular complexity index is 725. The zero-order valence-electron chi connectivity index (χ0n) is 18.3. The number of nitrogens with zero attached hydrogens (tertiary/aromatic N) is 1. The molecule has 156 valence electrons. The Morgan fingerprint density at radius 1 is 0.931 bits per heavy atom. The van der Waals surface area contributed by atoms with Crippen molar-refractivity contribution in [2.75, 3.05) is 0 Å². The van der Waals surface area contributed by atoms with Crippen LogP contribution in [0.25, 0.3) is 0 Å². The molecule has 2 aromatic rings. The molecular weight excluding hydrogens is 358 g/mol. The Balaban J connectivity index is 1.88. The molecule has 0 unspecified atom stereocenters. The van der Waals surface area contributed by atoms with Gasteiger partial charge in [0.1, 0.15) is 5.60 Å². The molecule has 0 spiro atoms. The third-order valence-corrected chi connectivity index (χ3v) is 5.79. The number of hydrogen-bond acceptors (Lipinski definition) is 3. The van der Waals surface area contributed by atoms with Crippen LogP contribution < -0.4 is 0 Å². The molecule has 3 nitrogen and oxygen atoms in total. The summed E-state index contributed by atoms with van der Waals surface area (Å²) in [5, 5.41) is 0. The molecule has 1 saturated carbocycles. The van der Waals surface area contributed by atoms with Gasteiger partial charge in [0.25, 0.3) is 0 Å². The lowest BCUT2D eigenvalue weighted by molar-refractivity contribution is -0.167. The maximum absolute atomic E-state index is 13.2. The van der Waals surface area contributed by atoms with E-state index in [-0.39, 0.29) is 17.9 Å². The predicted molar refractivity (Wildman–Crippen MR) is 118 cm³/mol. The number of benzene rings is 2. The first kappa shape index (κ1) is 21.6. The fourth-order valence-electron chi connectivity index (χ4n) is 4.48. The minimum absolute atomic E-state index is 0.0409. The molecule has 1 fully saturated rings. The molecule has 29 heavy (non-hydrogen) atoms. The minimum atomic E-state index is -0.456. The van der Waals surface area contributed by atoms with Crippen molar-refractivity contribution >= 4 is 5.97 Å². The Morgan fingerprint density at radius 3 is 1.93 bits per heavy atom. The van der Waals surface area contributed by atoms with Gasteiger partial charge in [0.15, 0.2) is 0 Å². The summed E-state index contributed by atoms with van der Waals surface area (Å²) < 4.78 is 5.86. The van der Waals surface area contributed by atoms with Crippen molar-refractivity contribution < 1.29 is 9.53 Å². The Hall–Kier alpha value is -2.13. The van der Waals surface area contributed by atoms with Gasteiger partial charge in [-0.15, -0.1) is 0 Å². The molecule has 3 atom stereocenters. The van der Waals surface area contributed by atoms with E-state index in [4.69, 9.17) is 4.74 Å². The van der Waals surface area contributed by atoms with Crippen LogP contribution in [-0.4, -0.2) is 22.5 Å². The zero-order valence-corrected chi connectivity index (χ0v) is 18.3. The fraction of sp³-hybridized carbons (Fsp3) is 0.500. The molecule has 0 saturated heterocycles. The highest BCUT2D eigenvalue weighted by molar-refractivity contribution is 5.74. The van der Waals surface area contributed by atoms with Crippen molar-refractivity contribution in [2.45, 2.75) is 71.7 Å². The van der Waals surface area contributed by atoms with E-state index < -0.39 is 5.60 Å². The van der Waals surface area contributed by atoms with Gasteiger partial charge in [-0.25, -0.2) is 0 Å². The summed E-state index contributed by atoms with van der Waals surface area (Å²) in [6, 6.07) is 21.3. The molecule has 0 amide bonds. The van der Waals surface area contributed by atoms with Crippen LogP contribution in [0.2, 0.25) is 0 Å². The Morgan fingerprint density at radius 2 is 1.45 bits per heavy atom. The summed E-state index contributed by atoms with van der Waals surface area (Å²) in [5.41, 5.74) is 2.11. The van der Waals surface area contributed by atoms with Crippen LogP contribution in [0.15, 0.2) is 60.7 Å². The lowest BCUT2D eigenvalue weighted by Gasteiger charge is -2.42. The van der Waals surface area contributed by atoms with Crippen LogP contribution in [0.3, 0.4) is 0 Å². The van der Waals surface area contributed by atoms with Crippen molar-refractivity contribution in [2.24, 2.45) is 11.8 Å². The summed E-state index contributed by atoms with van der Waals surface area (Å²) in [4.78, 5) is 15.7. The van der Waals surface area contributed by atoms with Gasteiger partial charge in [-0.05, 0) is 50.7 Å². The van der Waals surface area contributed by atoms with Crippen molar-refractivity contribution in [1.82, 2.24) is 4.90 Å². The SMILES string of the molecule is C[C@@H]1CCC[C@H](N(Cc2ccccc2)Cc2ccccc2)[C@@H]1C(=O)OC(C)(C)C. The highest BCUT2D eigenvalue weighted by Crippen LogP contribution is 2.36. The van der Waals surface area contributed by atoms with Crippen molar-refractivity contribution in [3.63, 3.8) is 0 Å². The summed E-state index contributed by atoms with van der Waals surface area (Å²) in [6.07, 6.45) is 3.28. The van der Waals surface area contributed by atoms with Gasteiger partial charge >= 0.3 is 5.97 Å². The number of ether oxygens (including phenoxy) is 1. The summed E-state index contributed by atoms with van der Waals surface area (Å²) in [5.74, 6) is 0.203. The minimum Gasteiger partial charge on any atom is -0.460 e. The number of carbonyl (C=O) groups is 1. The summed E-state index contributed by atoms with van der Waals surface area (Å²) in [6.45, 7) is 9.76. The number of rotatable bonds is 6. The third kappa shape index (κ3) is 6.17. The average Bonchev–Trinajstić information content (AvgIpc) is 2.67. The van der Waals surface area contributed by atoms with Crippen LogP contribution in [0.5, 0.6) is 0 Å². The molecule has 2 aromatic carbocycles. The van der Waals surface area contributed by atoms with Gasteiger partial charge in [-0.3, -0.25) is 9.69 Å². The molecule has 0 heterocycles. The molecular formula is C26H35NO2. The summed E-state index contributed by atoms with van der Waals surface area (Å²) >= 11 is 0. The second-order valence-corrected chi connectivity index (χ2v) is 9.41. The highest BCUT2D eigenvalue weighted by atomic mass is 16.6. The van der Waals surface area contributed by atoms with Gasteiger partial charge in [-0.2, -0.15) is 0 Å². The summed E-state index contributed by atoms with van der Waals surface area (Å²) in [7, 11) is 0. The normalized spacial score (nSPS) is 22.4. The quantitative estimate of drug-likeness (QED) is 0.578. The molecule has 1 aliphatic rings. The Labute approximate surface area is 176 Å². The Kier molecular flexibility index (Phi) is 7.13. The van der Waals surface area contributed by atoms with E-state index in [1.165, 1.54) is 11.1 Å². The van der Waals surface area contributed by atoms with Crippen molar-refractivity contribution in [1.29, 1.82) is 0 Å². The second kappa shape index (κ2) is 9.58. The van der Waals surface area contributed by atoms with E-state index in [0.717, 1.165) is 32.4 Å². The third-order valence-electron chi connectivity index (χ3n) is 5.79. The van der Waals surface area contributed by atoms with Crippen molar-refractivity contribution in [3.8, 4) is 0 Å². The maximum atomic E-state index is 13.2. The molecule has 0 aromatic heterocycles. The average molecular weight is 394 g/mol. The number of hydrogen-bond donors (Lipinski definition) is 0. The van der Waals surface area contributed by atoms with Gasteiger partial charge in [0.2, 0.25) is 0 Å². The lowest BCUT2D eigenvalue weighted by Crippen LogP contribution is -2.49. The van der Waals surface area contributed by atoms with Crippen LogP contribution in [0.1, 0.15) is 58.1 Å². The zero-order chi connectivity index (χ0) is 20.9. The largest absolute Gasteiger partial charge is 0.460 e. The van der Waals surface area contributed by atoms with Crippen LogP contribution in [-0.2, 0) is 22.6 Å². The lowest BCUT2D eigenvalue weighted by atomic mass is 9.75. The predicted octanol–water partition coefficient (Wildman–Crippen LogP) is 5.84. The van der Waals surface area contributed by atoms with E-state index in [9.17, 15) is 4.79 Å². The van der Waals surface area contributed by atoms with Crippen LogP contribution in [0.4, 0.5) is 0 Å². The number of esters is 1. The first-order chi connectivity index (χ1) is 13.8. The van der Waals surface area contributed by atoms with E-state index >= 15 is 0 Å². The highest BCUT2D eigenvalue weighted by Gasteiger charge is 2.41. The molecule has 1 aliphatic carbocycles. The van der Waals surface area contributed by atoms with E-state index in [1.54, 1.807) is 0 Å². The molecule has 3 heteroatoms. The molecule has 0 bridgehead atoms. The van der Waals surface area contributed by atoms with Gasteiger partial charge in [0.05, 0.1) is 5.92 Å². The topological polar surface area (TPSA) is 29.5 Å². The monoisotopic (exact) mass is 393 g/mol. The maximum Gasteiger partial charge on any atom is 0.311 e. The van der Waals surface area contributed by atoms with Gasteiger partial charge < -0.3 is 4.74 Å². The van der Waals surface area contributed by atoms with Crippen LogP contribution in [0, 0.1) is 11.8 Å². The van der Waals surface area contributed by atoms with Gasteiger partial charge in [-0.1, -0.05) is 74.0 Å². The smallest absolute Gasteiger partial charge is 0.311 e. The first-order valence-electron chi connectivity index (χ1n) is 10.9. The second-order valence-electron chi connectivity index (χ2n) is 9.41. The standard InChI is InChI=1S/C26H35NO2/c1-20-12-11-17-23(24(20)25(28)29-26(2,3)4)27(18-21-13-7-5-8-14-21)19-22-15-9-6-10-16-22/h5-10,13-16,20,23-24H,11-12,17-19H2,1-4H3/t20-,23+,24-/m1/s1. The molecule has 0 radical (unpaired) electrons. The van der Waals surface area contributed by atoms with E-state index in [0.29, 0.717) is 5.92 Å².